The molecule has 0 heterocycles. The van der Waals surface area contributed by atoms with E-state index in [-0.39, 0.29) is 0 Å². The Morgan fingerprint density at radius 3 is 2.67 bits per heavy atom. The Balaban J connectivity index is 1.80. The van der Waals surface area contributed by atoms with E-state index < -0.39 is 0 Å². The largest absolute Gasteiger partial charge is 0.496 e. The van der Waals surface area contributed by atoms with Crippen molar-refractivity contribution in [2.45, 2.75) is 19.4 Å². The zero-order chi connectivity index (χ0) is 14.7. The van der Waals surface area contributed by atoms with E-state index >= 15 is 0 Å². The van der Waals surface area contributed by atoms with Gasteiger partial charge in [-0.15, -0.1) is 0 Å². The Hall–Kier alpha value is -1.93. The summed E-state index contributed by atoms with van der Waals surface area (Å²) < 4.78 is 5.42. The second kappa shape index (κ2) is 6.23. The number of fused-ring (bicyclic) bond motifs is 1. The molecule has 1 N–H and O–H groups in total. The summed E-state index contributed by atoms with van der Waals surface area (Å²) in [5.41, 5.74) is 4.79. The van der Waals surface area contributed by atoms with E-state index in [9.17, 15) is 0 Å². The molecular weight excluding hydrogens is 282 g/mol. The summed E-state index contributed by atoms with van der Waals surface area (Å²) in [7, 11) is 1.70. The first kappa shape index (κ1) is 14.0. The maximum Gasteiger partial charge on any atom is 0.122 e. The van der Waals surface area contributed by atoms with Crippen LogP contribution in [0, 0.1) is 0 Å². The highest BCUT2D eigenvalue weighted by Crippen LogP contribution is 2.35. The molecule has 0 spiro atoms. The summed E-state index contributed by atoms with van der Waals surface area (Å²) in [4.78, 5) is 0. The van der Waals surface area contributed by atoms with Crippen LogP contribution in [-0.4, -0.2) is 7.11 Å². The molecule has 2 nitrogen and oxygen atoms in total. The molecule has 3 heteroatoms. The molecular formula is C18H18ClNO. The van der Waals surface area contributed by atoms with Gasteiger partial charge >= 0.3 is 0 Å². The van der Waals surface area contributed by atoms with Gasteiger partial charge in [0.2, 0.25) is 0 Å². The van der Waals surface area contributed by atoms with Crippen LogP contribution in [0.5, 0.6) is 5.75 Å². The van der Waals surface area contributed by atoms with Gasteiger partial charge in [-0.25, -0.2) is 0 Å². The number of methoxy groups -OCH3 is 1. The molecule has 0 bridgehead atoms. The standard InChI is InChI=1S/C18H18ClNO/c1-21-18-10-9-17(19)16-11-14(7-8-15(16)18)20-12-13-5-3-2-4-6-13/h2-6,9-11,20H,7-8,12H2,1H3. The molecule has 2 aromatic carbocycles. The number of ether oxygens (including phenoxy) is 1. The van der Waals surface area contributed by atoms with Crippen molar-refractivity contribution in [3.63, 3.8) is 0 Å². The molecule has 2 aromatic rings. The molecule has 3 rings (SSSR count). The van der Waals surface area contributed by atoms with Crippen LogP contribution in [0.4, 0.5) is 0 Å². The maximum atomic E-state index is 6.33. The second-order valence-electron chi connectivity index (χ2n) is 5.15. The highest BCUT2D eigenvalue weighted by atomic mass is 35.5. The van der Waals surface area contributed by atoms with E-state index in [1.807, 2.05) is 18.2 Å². The lowest BCUT2D eigenvalue weighted by atomic mass is 9.94. The van der Waals surface area contributed by atoms with Crippen LogP contribution in [-0.2, 0) is 13.0 Å². The van der Waals surface area contributed by atoms with Crippen molar-refractivity contribution in [1.82, 2.24) is 5.32 Å². The highest BCUT2D eigenvalue weighted by Gasteiger charge is 2.17. The van der Waals surface area contributed by atoms with Crippen molar-refractivity contribution in [2.24, 2.45) is 0 Å². The summed E-state index contributed by atoms with van der Waals surface area (Å²) in [6, 6.07) is 14.2. The number of allylic oxidation sites excluding steroid dienone is 1. The Morgan fingerprint density at radius 2 is 1.90 bits per heavy atom. The number of rotatable bonds is 4. The summed E-state index contributed by atoms with van der Waals surface area (Å²) in [6.07, 6.45) is 4.08. The number of hydrogen-bond donors (Lipinski definition) is 1. The third-order valence-electron chi connectivity index (χ3n) is 3.81. The van der Waals surface area contributed by atoms with Gasteiger partial charge in [0.15, 0.2) is 0 Å². The van der Waals surface area contributed by atoms with Gasteiger partial charge in [0.1, 0.15) is 5.75 Å². The molecule has 0 atom stereocenters. The minimum absolute atomic E-state index is 0.782. The van der Waals surface area contributed by atoms with Gasteiger partial charge in [-0.2, -0.15) is 0 Å². The zero-order valence-corrected chi connectivity index (χ0v) is 12.8. The predicted octanol–water partition coefficient (Wildman–Crippen LogP) is 4.43. The topological polar surface area (TPSA) is 21.3 Å². The van der Waals surface area contributed by atoms with Crippen LogP contribution < -0.4 is 10.1 Å². The Morgan fingerprint density at radius 1 is 1.10 bits per heavy atom. The number of halogens is 1. The normalized spacial score (nSPS) is 13.3. The van der Waals surface area contributed by atoms with E-state index in [1.165, 1.54) is 16.8 Å². The van der Waals surface area contributed by atoms with Gasteiger partial charge in [-0.05, 0) is 36.6 Å². The van der Waals surface area contributed by atoms with Gasteiger partial charge in [-0.1, -0.05) is 41.9 Å². The van der Waals surface area contributed by atoms with Crippen LogP contribution >= 0.6 is 11.6 Å². The van der Waals surface area contributed by atoms with Crippen molar-refractivity contribution in [3.8, 4) is 5.75 Å². The first-order chi connectivity index (χ1) is 10.3. The molecule has 0 aromatic heterocycles. The average Bonchev–Trinajstić information content (AvgIpc) is 2.54. The first-order valence-corrected chi connectivity index (χ1v) is 7.49. The summed E-state index contributed by atoms with van der Waals surface area (Å²) in [5, 5.41) is 4.29. The van der Waals surface area contributed by atoms with Gasteiger partial charge in [0.05, 0.1) is 7.11 Å². The lowest BCUT2D eigenvalue weighted by Gasteiger charge is -2.21. The average molecular weight is 300 g/mol. The molecule has 0 saturated heterocycles. The van der Waals surface area contributed by atoms with Crippen molar-refractivity contribution in [1.29, 1.82) is 0 Å². The summed E-state index contributed by atoms with van der Waals surface area (Å²) in [6.45, 7) is 0.837. The van der Waals surface area contributed by atoms with Crippen LogP contribution in [0.15, 0.2) is 48.2 Å². The molecule has 21 heavy (non-hydrogen) atoms. The second-order valence-corrected chi connectivity index (χ2v) is 5.56. The predicted molar refractivity (Wildman–Crippen MR) is 87.6 cm³/mol. The van der Waals surface area contributed by atoms with Crippen molar-refractivity contribution in [3.05, 3.63) is 69.9 Å². The lowest BCUT2D eigenvalue weighted by molar-refractivity contribution is 0.409. The van der Waals surface area contributed by atoms with E-state index in [1.54, 1.807) is 7.11 Å². The molecule has 0 fully saturated rings. The minimum atomic E-state index is 0.782. The van der Waals surface area contributed by atoms with Crippen molar-refractivity contribution >= 4 is 17.7 Å². The Kier molecular flexibility index (Phi) is 4.16. The smallest absolute Gasteiger partial charge is 0.122 e. The maximum absolute atomic E-state index is 6.33. The number of benzene rings is 2. The monoisotopic (exact) mass is 299 g/mol. The SMILES string of the molecule is COc1ccc(Cl)c2c1CCC(NCc1ccccc1)=C2. The lowest BCUT2D eigenvalue weighted by Crippen LogP contribution is -2.16. The van der Waals surface area contributed by atoms with E-state index in [0.717, 1.165) is 35.7 Å². The third kappa shape index (κ3) is 3.06. The van der Waals surface area contributed by atoms with Crippen LogP contribution in [0.1, 0.15) is 23.1 Å². The Bertz CT molecular complexity index is 664. The number of hydrogen-bond acceptors (Lipinski definition) is 2. The molecule has 0 unspecified atom stereocenters. The quantitative estimate of drug-likeness (QED) is 0.902. The first-order valence-electron chi connectivity index (χ1n) is 7.11. The fourth-order valence-electron chi connectivity index (χ4n) is 2.68. The van der Waals surface area contributed by atoms with E-state index in [0.29, 0.717) is 0 Å². The van der Waals surface area contributed by atoms with E-state index in [4.69, 9.17) is 16.3 Å². The fourth-order valence-corrected chi connectivity index (χ4v) is 2.91. The molecule has 1 aliphatic carbocycles. The van der Waals surface area contributed by atoms with Crippen molar-refractivity contribution in [2.75, 3.05) is 7.11 Å². The summed E-state index contributed by atoms with van der Waals surface area (Å²) in [5.74, 6) is 0.924. The minimum Gasteiger partial charge on any atom is -0.496 e. The third-order valence-corrected chi connectivity index (χ3v) is 4.14. The van der Waals surface area contributed by atoms with Gasteiger partial charge in [0.25, 0.3) is 0 Å². The molecule has 0 radical (unpaired) electrons. The van der Waals surface area contributed by atoms with Crippen LogP contribution in [0.2, 0.25) is 5.02 Å². The molecule has 108 valence electrons. The molecule has 1 aliphatic rings. The fraction of sp³-hybridized carbons (Fsp3) is 0.222. The summed E-state index contributed by atoms with van der Waals surface area (Å²) >= 11 is 6.33. The molecule has 0 saturated carbocycles. The number of nitrogens with one attached hydrogen (secondary N) is 1. The van der Waals surface area contributed by atoms with Crippen molar-refractivity contribution < 1.29 is 4.74 Å². The van der Waals surface area contributed by atoms with Crippen LogP contribution in [0.25, 0.3) is 6.08 Å². The van der Waals surface area contributed by atoms with Gasteiger partial charge in [0, 0.05) is 28.4 Å². The Labute approximate surface area is 130 Å². The molecule has 0 aliphatic heterocycles. The van der Waals surface area contributed by atoms with E-state index in [2.05, 4.69) is 35.7 Å². The van der Waals surface area contributed by atoms with Crippen LogP contribution in [0.3, 0.4) is 0 Å². The zero-order valence-electron chi connectivity index (χ0n) is 12.0. The molecule has 0 amide bonds. The van der Waals surface area contributed by atoms with Gasteiger partial charge < -0.3 is 10.1 Å². The highest BCUT2D eigenvalue weighted by molar-refractivity contribution is 6.32. The van der Waals surface area contributed by atoms with Gasteiger partial charge in [-0.3, -0.25) is 0 Å².